The molecule has 108 valence electrons. The van der Waals surface area contributed by atoms with Gasteiger partial charge in [-0.05, 0) is 33.1 Å². The topological polar surface area (TPSA) is 32.3 Å². The molecule has 0 aromatic carbocycles. The second-order valence-electron chi connectivity index (χ2n) is 6.70. The van der Waals surface area contributed by atoms with E-state index in [1.54, 1.807) is 4.90 Å². The molecule has 4 aliphatic rings. The lowest BCUT2D eigenvalue weighted by molar-refractivity contribution is -0.353. The first-order chi connectivity index (χ1) is 8.69. The molecule has 19 heavy (non-hydrogen) atoms. The minimum atomic E-state index is -4.14. The SMILES string of the molecule is C[C@@H]1CN[C@@H](C)CN1C(=O)C12CC(C(F)(F)F)(C1)C2. The van der Waals surface area contributed by atoms with Crippen LogP contribution in [0.5, 0.6) is 0 Å². The zero-order valence-corrected chi connectivity index (χ0v) is 11.2. The molecule has 1 heterocycles. The highest BCUT2D eigenvalue weighted by Gasteiger charge is 2.81. The lowest BCUT2D eigenvalue weighted by Crippen LogP contribution is -2.74. The number of carbonyl (C=O) groups is 1. The van der Waals surface area contributed by atoms with Gasteiger partial charge < -0.3 is 10.2 Å². The summed E-state index contributed by atoms with van der Waals surface area (Å²) >= 11 is 0. The molecular formula is C13H19F3N2O. The fourth-order valence-electron chi connectivity index (χ4n) is 3.92. The van der Waals surface area contributed by atoms with E-state index in [1.807, 2.05) is 13.8 Å². The Morgan fingerprint density at radius 2 is 1.84 bits per heavy atom. The maximum absolute atomic E-state index is 12.8. The number of amides is 1. The van der Waals surface area contributed by atoms with Crippen LogP contribution in [0.1, 0.15) is 33.1 Å². The quantitative estimate of drug-likeness (QED) is 0.793. The Kier molecular flexibility index (Phi) is 2.54. The molecular weight excluding hydrogens is 257 g/mol. The van der Waals surface area contributed by atoms with Gasteiger partial charge in [0.25, 0.3) is 0 Å². The number of rotatable bonds is 1. The Hall–Kier alpha value is -0.780. The fourth-order valence-corrected chi connectivity index (χ4v) is 3.92. The van der Waals surface area contributed by atoms with E-state index < -0.39 is 17.0 Å². The predicted molar refractivity (Wildman–Crippen MR) is 63.4 cm³/mol. The number of carbonyl (C=O) groups excluding carboxylic acids is 1. The molecule has 2 atom stereocenters. The first-order valence-electron chi connectivity index (χ1n) is 6.80. The van der Waals surface area contributed by atoms with Crippen LogP contribution >= 0.6 is 0 Å². The van der Waals surface area contributed by atoms with Gasteiger partial charge in [-0.25, -0.2) is 0 Å². The maximum atomic E-state index is 12.8. The summed E-state index contributed by atoms with van der Waals surface area (Å²) in [4.78, 5) is 14.3. The molecule has 3 aliphatic carbocycles. The average Bonchev–Trinajstić information content (AvgIpc) is 2.15. The lowest BCUT2D eigenvalue weighted by atomic mass is 9.34. The Labute approximate surface area is 110 Å². The normalized spacial score (nSPS) is 45.4. The van der Waals surface area contributed by atoms with Crippen molar-refractivity contribution in [2.45, 2.75) is 51.4 Å². The molecule has 4 rings (SSSR count). The van der Waals surface area contributed by atoms with Gasteiger partial charge in [0.05, 0.1) is 10.8 Å². The van der Waals surface area contributed by atoms with Crippen LogP contribution in [0.4, 0.5) is 13.2 Å². The Balaban J connectivity index is 1.68. The summed E-state index contributed by atoms with van der Waals surface area (Å²) in [6.07, 6.45) is -4.12. The fraction of sp³-hybridized carbons (Fsp3) is 0.923. The minimum absolute atomic E-state index is 0.00730. The molecule has 1 amide bonds. The monoisotopic (exact) mass is 276 g/mol. The van der Waals surface area contributed by atoms with Crippen molar-refractivity contribution < 1.29 is 18.0 Å². The number of hydrogen-bond donors (Lipinski definition) is 1. The van der Waals surface area contributed by atoms with E-state index in [0.717, 1.165) is 0 Å². The van der Waals surface area contributed by atoms with Crippen molar-refractivity contribution in [2.75, 3.05) is 13.1 Å². The molecule has 6 heteroatoms. The molecule has 0 spiro atoms. The van der Waals surface area contributed by atoms with Gasteiger partial charge in [-0.3, -0.25) is 4.79 Å². The van der Waals surface area contributed by atoms with Crippen molar-refractivity contribution in [1.82, 2.24) is 10.2 Å². The summed E-state index contributed by atoms with van der Waals surface area (Å²) in [5.41, 5.74) is -2.23. The Morgan fingerprint density at radius 1 is 1.26 bits per heavy atom. The molecule has 1 saturated heterocycles. The predicted octanol–water partition coefficient (Wildman–Crippen LogP) is 1.93. The van der Waals surface area contributed by atoms with E-state index in [4.69, 9.17) is 0 Å². The number of alkyl halides is 3. The van der Waals surface area contributed by atoms with Crippen LogP contribution in [0.15, 0.2) is 0 Å². The third kappa shape index (κ3) is 1.65. The van der Waals surface area contributed by atoms with Crippen LogP contribution in [0, 0.1) is 10.8 Å². The molecule has 0 unspecified atom stereocenters. The first-order valence-corrected chi connectivity index (χ1v) is 6.80. The third-order valence-electron chi connectivity index (χ3n) is 5.11. The Bertz CT molecular complexity index is 401. The highest BCUT2D eigenvalue weighted by Crippen LogP contribution is 2.78. The molecule has 2 bridgehead atoms. The minimum Gasteiger partial charge on any atom is -0.337 e. The van der Waals surface area contributed by atoms with Crippen molar-refractivity contribution in [2.24, 2.45) is 10.8 Å². The van der Waals surface area contributed by atoms with Crippen molar-refractivity contribution in [3.63, 3.8) is 0 Å². The van der Waals surface area contributed by atoms with E-state index in [2.05, 4.69) is 5.32 Å². The number of halogens is 3. The van der Waals surface area contributed by atoms with Gasteiger partial charge in [-0.15, -0.1) is 0 Å². The van der Waals surface area contributed by atoms with Gasteiger partial charge in [-0.1, -0.05) is 0 Å². The van der Waals surface area contributed by atoms with Crippen LogP contribution < -0.4 is 5.32 Å². The molecule has 0 aromatic rings. The van der Waals surface area contributed by atoms with Gasteiger partial charge in [0.2, 0.25) is 5.91 Å². The van der Waals surface area contributed by atoms with Gasteiger partial charge in [0, 0.05) is 25.2 Å². The molecule has 3 saturated carbocycles. The maximum Gasteiger partial charge on any atom is 0.394 e. The van der Waals surface area contributed by atoms with Crippen LogP contribution in [0.25, 0.3) is 0 Å². The van der Waals surface area contributed by atoms with Crippen molar-refractivity contribution in [3.05, 3.63) is 0 Å². The molecule has 1 N–H and O–H groups in total. The summed E-state index contributed by atoms with van der Waals surface area (Å²) in [6.45, 7) is 5.25. The summed E-state index contributed by atoms with van der Waals surface area (Å²) in [6, 6.07) is 0.281. The Morgan fingerprint density at radius 3 is 2.37 bits per heavy atom. The first kappa shape index (κ1) is 13.2. The molecule has 0 radical (unpaired) electrons. The second kappa shape index (κ2) is 3.65. The highest BCUT2D eigenvalue weighted by atomic mass is 19.4. The summed E-state index contributed by atoms with van der Waals surface area (Å²) in [7, 11) is 0. The average molecular weight is 276 g/mol. The van der Waals surface area contributed by atoms with E-state index in [1.165, 1.54) is 0 Å². The van der Waals surface area contributed by atoms with Crippen molar-refractivity contribution in [1.29, 1.82) is 0 Å². The summed E-state index contributed by atoms with van der Waals surface area (Å²) in [5.74, 6) is -0.0560. The van der Waals surface area contributed by atoms with Crippen LogP contribution in [0.3, 0.4) is 0 Å². The number of piperazine rings is 1. The van der Waals surface area contributed by atoms with E-state index in [9.17, 15) is 18.0 Å². The van der Waals surface area contributed by atoms with E-state index in [-0.39, 0.29) is 37.3 Å². The standard InChI is InChI=1S/C13H19F3N2O/c1-8-4-18(9(2)3-17-8)10(19)11-5-12(6-11,7-11)13(14,15)16/h8-9,17H,3-7H2,1-2H3/t8-,9+,11?,12?/m0/s1. The molecule has 0 aromatic heterocycles. The smallest absolute Gasteiger partial charge is 0.337 e. The van der Waals surface area contributed by atoms with Crippen LogP contribution in [-0.2, 0) is 4.79 Å². The van der Waals surface area contributed by atoms with Crippen molar-refractivity contribution >= 4 is 5.91 Å². The molecule has 3 nitrogen and oxygen atoms in total. The van der Waals surface area contributed by atoms with Crippen molar-refractivity contribution in [3.8, 4) is 0 Å². The second-order valence-corrected chi connectivity index (χ2v) is 6.70. The number of hydrogen-bond acceptors (Lipinski definition) is 2. The summed E-state index contributed by atoms with van der Waals surface area (Å²) < 4.78 is 38.4. The largest absolute Gasteiger partial charge is 0.394 e. The number of nitrogens with one attached hydrogen (secondary N) is 1. The van der Waals surface area contributed by atoms with E-state index >= 15 is 0 Å². The van der Waals surface area contributed by atoms with Gasteiger partial charge in [0.1, 0.15) is 0 Å². The lowest BCUT2D eigenvalue weighted by Gasteiger charge is -2.70. The summed E-state index contributed by atoms with van der Waals surface area (Å²) in [5, 5.41) is 3.27. The van der Waals surface area contributed by atoms with Gasteiger partial charge in [-0.2, -0.15) is 13.2 Å². The van der Waals surface area contributed by atoms with Gasteiger partial charge in [0.15, 0.2) is 0 Å². The third-order valence-corrected chi connectivity index (χ3v) is 5.11. The van der Waals surface area contributed by atoms with Crippen LogP contribution in [-0.4, -0.2) is 42.2 Å². The zero-order valence-electron chi connectivity index (χ0n) is 11.2. The van der Waals surface area contributed by atoms with Crippen LogP contribution in [0.2, 0.25) is 0 Å². The number of nitrogens with zero attached hydrogens (tertiary/aromatic N) is 1. The molecule has 1 aliphatic heterocycles. The highest BCUT2D eigenvalue weighted by molar-refractivity contribution is 5.87. The zero-order chi connectivity index (χ0) is 14.1. The van der Waals surface area contributed by atoms with E-state index in [0.29, 0.717) is 13.1 Å². The van der Waals surface area contributed by atoms with Gasteiger partial charge >= 0.3 is 6.18 Å². The molecule has 4 fully saturated rings.